The third-order valence-electron chi connectivity index (χ3n) is 1.98. The van der Waals surface area contributed by atoms with Crippen LogP contribution in [0.5, 0.6) is 0 Å². The largest absolute Gasteiger partial charge is 0.324 e. The molecule has 0 saturated carbocycles. The van der Waals surface area contributed by atoms with E-state index in [1.807, 2.05) is 19.1 Å². The predicted molar refractivity (Wildman–Crippen MR) is 56.3 cm³/mol. The van der Waals surface area contributed by atoms with Gasteiger partial charge in [0.15, 0.2) is 0 Å². The minimum atomic E-state index is -0.948. The zero-order chi connectivity index (χ0) is 10.0. The molecule has 0 saturated heterocycles. The van der Waals surface area contributed by atoms with Gasteiger partial charge in [-0.05, 0) is 31.0 Å². The molecule has 0 aliphatic rings. The predicted octanol–water partition coefficient (Wildman–Crippen LogP) is 3.50. The van der Waals surface area contributed by atoms with Crippen LogP contribution in [-0.2, 0) is 0 Å². The first kappa shape index (κ1) is 10.7. The van der Waals surface area contributed by atoms with Gasteiger partial charge < -0.3 is 5.73 Å². The number of rotatable bonds is 2. The van der Waals surface area contributed by atoms with Gasteiger partial charge in [0.25, 0.3) is 0 Å². The van der Waals surface area contributed by atoms with Gasteiger partial charge in [-0.2, -0.15) is 0 Å². The van der Waals surface area contributed by atoms with Crippen molar-refractivity contribution in [3.63, 3.8) is 0 Å². The van der Waals surface area contributed by atoms with E-state index < -0.39 is 6.17 Å². The van der Waals surface area contributed by atoms with Gasteiger partial charge in [0, 0.05) is 10.5 Å². The molecule has 2 N–H and O–H groups in total. The van der Waals surface area contributed by atoms with E-state index in [-0.39, 0.29) is 6.04 Å². The molecule has 1 rings (SSSR count). The SMILES string of the molecule is CC(N)c1ccc(C(C)F)c(Br)c1. The van der Waals surface area contributed by atoms with Crippen molar-refractivity contribution in [2.45, 2.75) is 26.1 Å². The van der Waals surface area contributed by atoms with E-state index in [9.17, 15) is 4.39 Å². The Morgan fingerprint density at radius 1 is 1.38 bits per heavy atom. The van der Waals surface area contributed by atoms with E-state index in [0.717, 1.165) is 10.0 Å². The standard InChI is InChI=1S/C10H13BrFN/c1-6(12)9-4-3-8(7(2)13)5-10(9)11/h3-7H,13H2,1-2H3. The average Bonchev–Trinajstić information content (AvgIpc) is 2.03. The maximum absolute atomic E-state index is 13.0. The van der Waals surface area contributed by atoms with Crippen LogP contribution in [0.2, 0.25) is 0 Å². The Morgan fingerprint density at radius 2 is 2.00 bits per heavy atom. The molecular weight excluding hydrogens is 233 g/mol. The third-order valence-corrected chi connectivity index (χ3v) is 2.67. The molecule has 0 aromatic heterocycles. The molecule has 1 aromatic rings. The molecule has 0 amide bonds. The Balaban J connectivity index is 3.06. The second kappa shape index (κ2) is 4.20. The Kier molecular flexibility index (Phi) is 3.45. The topological polar surface area (TPSA) is 26.0 Å². The number of halogens is 2. The van der Waals surface area contributed by atoms with Gasteiger partial charge in [0.05, 0.1) is 0 Å². The Bertz CT molecular complexity index is 297. The Hall–Kier alpha value is -0.410. The molecule has 2 unspecified atom stereocenters. The molecule has 72 valence electrons. The van der Waals surface area contributed by atoms with Crippen molar-refractivity contribution in [1.29, 1.82) is 0 Å². The molecule has 0 fully saturated rings. The molecule has 2 atom stereocenters. The van der Waals surface area contributed by atoms with E-state index in [2.05, 4.69) is 15.9 Å². The number of alkyl halides is 1. The molecule has 0 bridgehead atoms. The van der Waals surface area contributed by atoms with Crippen LogP contribution in [0, 0.1) is 0 Å². The molecule has 3 heteroatoms. The smallest absolute Gasteiger partial charge is 0.123 e. The molecular formula is C10H13BrFN. The monoisotopic (exact) mass is 245 g/mol. The minimum Gasteiger partial charge on any atom is -0.324 e. The fourth-order valence-electron chi connectivity index (χ4n) is 1.15. The van der Waals surface area contributed by atoms with Crippen molar-refractivity contribution >= 4 is 15.9 Å². The highest BCUT2D eigenvalue weighted by Crippen LogP contribution is 2.28. The summed E-state index contributed by atoms with van der Waals surface area (Å²) in [5.41, 5.74) is 7.38. The first-order chi connectivity index (χ1) is 6.02. The summed E-state index contributed by atoms with van der Waals surface area (Å²) < 4.78 is 13.8. The van der Waals surface area contributed by atoms with Crippen LogP contribution in [0.1, 0.15) is 37.2 Å². The lowest BCUT2D eigenvalue weighted by Gasteiger charge is -2.10. The summed E-state index contributed by atoms with van der Waals surface area (Å²) in [6.45, 7) is 3.42. The van der Waals surface area contributed by atoms with E-state index in [0.29, 0.717) is 5.56 Å². The lowest BCUT2D eigenvalue weighted by Crippen LogP contribution is -2.05. The van der Waals surface area contributed by atoms with Crippen LogP contribution in [-0.4, -0.2) is 0 Å². The highest BCUT2D eigenvalue weighted by Gasteiger charge is 2.09. The molecule has 0 spiro atoms. The number of nitrogens with two attached hydrogens (primary N) is 1. The third kappa shape index (κ3) is 2.51. The number of benzene rings is 1. The van der Waals surface area contributed by atoms with Gasteiger partial charge in [-0.1, -0.05) is 28.1 Å². The van der Waals surface area contributed by atoms with Crippen molar-refractivity contribution in [3.05, 3.63) is 33.8 Å². The second-order valence-electron chi connectivity index (χ2n) is 3.19. The Morgan fingerprint density at radius 3 is 2.38 bits per heavy atom. The summed E-state index contributed by atoms with van der Waals surface area (Å²) in [5.74, 6) is 0. The normalized spacial score (nSPS) is 15.5. The second-order valence-corrected chi connectivity index (χ2v) is 4.04. The summed E-state index contributed by atoms with van der Waals surface area (Å²) >= 11 is 3.32. The van der Waals surface area contributed by atoms with Gasteiger partial charge in [0.1, 0.15) is 6.17 Å². The van der Waals surface area contributed by atoms with E-state index in [1.54, 1.807) is 6.07 Å². The van der Waals surface area contributed by atoms with Crippen molar-refractivity contribution in [2.75, 3.05) is 0 Å². The van der Waals surface area contributed by atoms with Crippen LogP contribution < -0.4 is 5.73 Å². The summed E-state index contributed by atoms with van der Waals surface area (Å²) in [4.78, 5) is 0. The van der Waals surface area contributed by atoms with Crippen molar-refractivity contribution in [1.82, 2.24) is 0 Å². The van der Waals surface area contributed by atoms with E-state index in [4.69, 9.17) is 5.73 Å². The van der Waals surface area contributed by atoms with E-state index >= 15 is 0 Å². The summed E-state index contributed by atoms with van der Waals surface area (Å²) in [6, 6.07) is 5.49. The maximum atomic E-state index is 13.0. The molecule has 1 aromatic carbocycles. The summed E-state index contributed by atoms with van der Waals surface area (Å²) in [5, 5.41) is 0. The number of hydrogen-bond donors (Lipinski definition) is 1. The van der Waals surface area contributed by atoms with Crippen LogP contribution in [0.15, 0.2) is 22.7 Å². The molecule has 13 heavy (non-hydrogen) atoms. The zero-order valence-electron chi connectivity index (χ0n) is 7.72. The van der Waals surface area contributed by atoms with Crippen LogP contribution >= 0.6 is 15.9 Å². The quantitative estimate of drug-likeness (QED) is 0.849. The fraction of sp³-hybridized carbons (Fsp3) is 0.400. The lowest BCUT2D eigenvalue weighted by molar-refractivity contribution is 0.373. The lowest BCUT2D eigenvalue weighted by atomic mass is 10.1. The van der Waals surface area contributed by atoms with Gasteiger partial charge >= 0.3 is 0 Å². The fourth-order valence-corrected chi connectivity index (χ4v) is 1.86. The van der Waals surface area contributed by atoms with Gasteiger partial charge in [-0.25, -0.2) is 4.39 Å². The van der Waals surface area contributed by atoms with Crippen molar-refractivity contribution in [3.8, 4) is 0 Å². The van der Waals surface area contributed by atoms with Gasteiger partial charge in [0.2, 0.25) is 0 Å². The maximum Gasteiger partial charge on any atom is 0.123 e. The van der Waals surface area contributed by atoms with Crippen molar-refractivity contribution < 1.29 is 4.39 Å². The van der Waals surface area contributed by atoms with Gasteiger partial charge in [-0.15, -0.1) is 0 Å². The highest BCUT2D eigenvalue weighted by atomic mass is 79.9. The molecule has 0 aliphatic heterocycles. The molecule has 1 nitrogen and oxygen atoms in total. The van der Waals surface area contributed by atoms with E-state index in [1.165, 1.54) is 6.92 Å². The first-order valence-electron chi connectivity index (χ1n) is 4.21. The van der Waals surface area contributed by atoms with Gasteiger partial charge in [-0.3, -0.25) is 0 Å². The Labute approximate surface area is 86.3 Å². The zero-order valence-corrected chi connectivity index (χ0v) is 9.31. The molecule has 0 heterocycles. The number of hydrogen-bond acceptors (Lipinski definition) is 1. The molecule has 0 aliphatic carbocycles. The minimum absolute atomic E-state index is 0.0136. The van der Waals surface area contributed by atoms with Crippen LogP contribution in [0.25, 0.3) is 0 Å². The summed E-state index contributed by atoms with van der Waals surface area (Å²) in [6.07, 6.45) is -0.948. The average molecular weight is 246 g/mol. The highest BCUT2D eigenvalue weighted by molar-refractivity contribution is 9.10. The summed E-state index contributed by atoms with van der Waals surface area (Å²) in [7, 11) is 0. The first-order valence-corrected chi connectivity index (χ1v) is 5.00. The van der Waals surface area contributed by atoms with Crippen LogP contribution in [0.4, 0.5) is 4.39 Å². The van der Waals surface area contributed by atoms with Crippen molar-refractivity contribution in [2.24, 2.45) is 5.73 Å². The van der Waals surface area contributed by atoms with Crippen LogP contribution in [0.3, 0.4) is 0 Å². The molecule has 0 radical (unpaired) electrons.